The van der Waals surface area contributed by atoms with Gasteiger partial charge in [-0.2, -0.15) is 0 Å². The average molecular weight is 221 g/mol. The number of fused-ring (bicyclic) bond motifs is 1. The molecule has 0 bridgehead atoms. The van der Waals surface area contributed by atoms with Crippen LogP contribution in [0.4, 0.5) is 0 Å². The predicted octanol–water partition coefficient (Wildman–Crippen LogP) is 3.08. The molecule has 2 aromatic rings. The fourth-order valence-electron chi connectivity index (χ4n) is 1.53. The van der Waals surface area contributed by atoms with E-state index in [1.807, 2.05) is 13.8 Å². The van der Waals surface area contributed by atoms with E-state index < -0.39 is 0 Å². The molecule has 0 aliphatic carbocycles. The summed E-state index contributed by atoms with van der Waals surface area (Å²) in [5.74, 6) is 1.94. The lowest BCUT2D eigenvalue weighted by atomic mass is 10.4. The maximum atomic E-state index is 4.48. The fraction of sp³-hybridized carbons (Fsp3) is 0.455. The van der Waals surface area contributed by atoms with Crippen molar-refractivity contribution in [3.8, 4) is 0 Å². The molecular weight excluding hydrogens is 206 g/mol. The Morgan fingerprint density at radius 3 is 2.87 bits per heavy atom. The molecule has 0 fully saturated rings. The molecule has 4 heteroatoms. The third-order valence-corrected chi connectivity index (χ3v) is 3.34. The van der Waals surface area contributed by atoms with E-state index >= 15 is 0 Å². The van der Waals surface area contributed by atoms with Crippen molar-refractivity contribution in [3.05, 3.63) is 17.6 Å². The van der Waals surface area contributed by atoms with Crippen LogP contribution in [0.1, 0.15) is 24.9 Å². The van der Waals surface area contributed by atoms with Crippen LogP contribution in [0.25, 0.3) is 11.0 Å². The van der Waals surface area contributed by atoms with Gasteiger partial charge in [0.25, 0.3) is 0 Å². The molecular formula is C11H15N3S. The Balaban J connectivity index is 2.50. The largest absolute Gasteiger partial charge is 0.343 e. The van der Waals surface area contributed by atoms with Gasteiger partial charge in [-0.05, 0) is 32.1 Å². The normalized spacial score (nSPS) is 11.1. The van der Waals surface area contributed by atoms with Crippen molar-refractivity contribution in [1.82, 2.24) is 15.0 Å². The van der Waals surface area contributed by atoms with Gasteiger partial charge in [0, 0.05) is 5.69 Å². The number of H-pyrrole nitrogens is 1. The zero-order valence-electron chi connectivity index (χ0n) is 9.29. The van der Waals surface area contributed by atoms with E-state index in [-0.39, 0.29) is 0 Å². The lowest BCUT2D eigenvalue weighted by molar-refractivity contribution is 0.999. The van der Waals surface area contributed by atoms with Gasteiger partial charge in [0.1, 0.15) is 16.5 Å². The van der Waals surface area contributed by atoms with Crippen LogP contribution >= 0.6 is 11.8 Å². The van der Waals surface area contributed by atoms with Crippen LogP contribution in [0, 0.1) is 13.8 Å². The van der Waals surface area contributed by atoms with Crippen LogP contribution in [0.3, 0.4) is 0 Å². The van der Waals surface area contributed by atoms with E-state index in [0.717, 1.165) is 33.3 Å². The van der Waals surface area contributed by atoms with Crippen LogP contribution in [0.2, 0.25) is 0 Å². The van der Waals surface area contributed by atoms with Crippen molar-refractivity contribution in [2.75, 3.05) is 5.75 Å². The summed E-state index contributed by atoms with van der Waals surface area (Å²) in [6.07, 6.45) is 1.17. The Morgan fingerprint density at radius 1 is 1.33 bits per heavy atom. The summed E-state index contributed by atoms with van der Waals surface area (Å²) >= 11 is 1.81. The molecule has 15 heavy (non-hydrogen) atoms. The van der Waals surface area contributed by atoms with Gasteiger partial charge in [0.2, 0.25) is 0 Å². The summed E-state index contributed by atoms with van der Waals surface area (Å²) in [7, 11) is 0. The van der Waals surface area contributed by atoms with Crippen molar-refractivity contribution < 1.29 is 0 Å². The highest BCUT2D eigenvalue weighted by atomic mass is 32.2. The monoisotopic (exact) mass is 221 g/mol. The first kappa shape index (κ1) is 10.5. The van der Waals surface area contributed by atoms with Gasteiger partial charge in [-0.25, -0.2) is 9.97 Å². The molecule has 80 valence electrons. The van der Waals surface area contributed by atoms with E-state index in [1.165, 1.54) is 6.42 Å². The minimum Gasteiger partial charge on any atom is -0.343 e. The molecule has 2 heterocycles. The molecule has 0 radical (unpaired) electrons. The highest BCUT2D eigenvalue weighted by Crippen LogP contribution is 2.26. The number of aromatic amines is 1. The SMILES string of the molecule is CCCSc1nc(C)nc2[nH]c(C)cc12. The summed E-state index contributed by atoms with van der Waals surface area (Å²) in [6, 6.07) is 2.12. The van der Waals surface area contributed by atoms with Gasteiger partial charge in [-0.3, -0.25) is 0 Å². The second-order valence-electron chi connectivity index (χ2n) is 3.64. The molecule has 0 saturated heterocycles. The smallest absolute Gasteiger partial charge is 0.142 e. The van der Waals surface area contributed by atoms with Crippen LogP contribution < -0.4 is 0 Å². The maximum Gasteiger partial charge on any atom is 0.142 e. The van der Waals surface area contributed by atoms with E-state index in [9.17, 15) is 0 Å². The molecule has 0 saturated carbocycles. The van der Waals surface area contributed by atoms with Crippen molar-refractivity contribution in [1.29, 1.82) is 0 Å². The van der Waals surface area contributed by atoms with Crippen molar-refractivity contribution in [2.45, 2.75) is 32.2 Å². The summed E-state index contributed by atoms with van der Waals surface area (Å²) in [5.41, 5.74) is 2.10. The molecule has 0 amide bonds. The van der Waals surface area contributed by atoms with Gasteiger partial charge in [0.05, 0.1) is 5.39 Å². The predicted molar refractivity (Wildman–Crippen MR) is 64.4 cm³/mol. The maximum absolute atomic E-state index is 4.48. The zero-order chi connectivity index (χ0) is 10.8. The standard InChI is InChI=1S/C11H15N3S/c1-4-5-15-11-9-6-7(2)12-10(9)13-8(3)14-11/h6H,4-5H2,1-3H3,(H,12,13,14). The second kappa shape index (κ2) is 4.23. The first-order valence-electron chi connectivity index (χ1n) is 5.17. The van der Waals surface area contributed by atoms with Crippen molar-refractivity contribution in [2.24, 2.45) is 0 Å². The molecule has 2 rings (SSSR count). The number of hydrogen-bond donors (Lipinski definition) is 1. The van der Waals surface area contributed by atoms with Gasteiger partial charge < -0.3 is 4.98 Å². The highest BCUT2D eigenvalue weighted by Gasteiger charge is 2.07. The molecule has 1 N–H and O–H groups in total. The van der Waals surface area contributed by atoms with Gasteiger partial charge >= 0.3 is 0 Å². The van der Waals surface area contributed by atoms with E-state index in [4.69, 9.17) is 0 Å². The quantitative estimate of drug-likeness (QED) is 0.639. The Labute approximate surface area is 93.7 Å². The molecule has 0 unspecified atom stereocenters. The lowest BCUT2D eigenvalue weighted by Gasteiger charge is -2.01. The van der Waals surface area contributed by atoms with Crippen molar-refractivity contribution >= 4 is 22.8 Å². The summed E-state index contributed by atoms with van der Waals surface area (Å²) in [6.45, 7) is 6.16. The van der Waals surface area contributed by atoms with E-state index in [1.54, 1.807) is 11.8 Å². The molecule has 0 atom stereocenters. The number of aromatic nitrogens is 3. The Morgan fingerprint density at radius 2 is 2.13 bits per heavy atom. The minimum absolute atomic E-state index is 0.836. The number of thioether (sulfide) groups is 1. The van der Waals surface area contributed by atoms with E-state index in [0.29, 0.717) is 0 Å². The first-order valence-corrected chi connectivity index (χ1v) is 6.16. The van der Waals surface area contributed by atoms with Gasteiger partial charge in [-0.1, -0.05) is 6.92 Å². The molecule has 3 nitrogen and oxygen atoms in total. The summed E-state index contributed by atoms with van der Waals surface area (Å²) in [4.78, 5) is 12.1. The summed E-state index contributed by atoms with van der Waals surface area (Å²) in [5, 5.41) is 2.25. The second-order valence-corrected chi connectivity index (χ2v) is 4.72. The van der Waals surface area contributed by atoms with Crippen LogP contribution in [0.15, 0.2) is 11.1 Å². The molecule has 0 aliphatic heterocycles. The Bertz CT molecular complexity index is 476. The third-order valence-electron chi connectivity index (χ3n) is 2.14. The average Bonchev–Trinajstić information content (AvgIpc) is 2.54. The number of hydrogen-bond acceptors (Lipinski definition) is 3. The molecule has 0 aliphatic rings. The Hall–Kier alpha value is -1.03. The van der Waals surface area contributed by atoms with Crippen molar-refractivity contribution in [3.63, 3.8) is 0 Å². The third kappa shape index (κ3) is 2.15. The minimum atomic E-state index is 0.836. The molecule has 2 aromatic heterocycles. The lowest BCUT2D eigenvalue weighted by Crippen LogP contribution is -1.91. The van der Waals surface area contributed by atoms with Crippen LogP contribution in [-0.4, -0.2) is 20.7 Å². The topological polar surface area (TPSA) is 41.6 Å². The molecule has 0 spiro atoms. The summed E-state index contributed by atoms with van der Waals surface area (Å²) < 4.78 is 0. The van der Waals surface area contributed by atoms with E-state index in [2.05, 4.69) is 27.9 Å². The van der Waals surface area contributed by atoms with Gasteiger partial charge in [0.15, 0.2) is 0 Å². The van der Waals surface area contributed by atoms with Crippen LogP contribution in [-0.2, 0) is 0 Å². The number of aryl methyl sites for hydroxylation is 2. The Kier molecular flexibility index (Phi) is 2.95. The number of rotatable bonds is 3. The van der Waals surface area contributed by atoms with Crippen LogP contribution in [0.5, 0.6) is 0 Å². The molecule has 0 aromatic carbocycles. The highest BCUT2D eigenvalue weighted by molar-refractivity contribution is 7.99. The van der Waals surface area contributed by atoms with Gasteiger partial charge in [-0.15, -0.1) is 11.8 Å². The number of nitrogens with one attached hydrogen (secondary N) is 1. The number of nitrogens with zero attached hydrogens (tertiary/aromatic N) is 2. The zero-order valence-corrected chi connectivity index (χ0v) is 10.1. The fourth-order valence-corrected chi connectivity index (χ4v) is 2.43. The first-order chi connectivity index (χ1) is 7.20.